The highest BCUT2D eigenvalue weighted by atomic mass is 35.5. The third kappa shape index (κ3) is 3.37. The van der Waals surface area contributed by atoms with Crippen molar-refractivity contribution in [3.05, 3.63) is 34.9 Å². The Morgan fingerprint density at radius 2 is 1.89 bits per heavy atom. The van der Waals surface area contributed by atoms with Crippen LogP contribution < -0.4 is 0 Å². The van der Waals surface area contributed by atoms with Crippen molar-refractivity contribution in [3.8, 4) is 0 Å². The first-order valence-corrected chi connectivity index (χ1v) is 7.56. The highest BCUT2D eigenvalue weighted by Crippen LogP contribution is 2.26. The molecule has 1 atom stereocenters. The summed E-state index contributed by atoms with van der Waals surface area (Å²) in [6.07, 6.45) is 5.05. The maximum absolute atomic E-state index is 12.5. The molecule has 2 rings (SSSR count). The van der Waals surface area contributed by atoms with E-state index < -0.39 is 0 Å². The Labute approximate surface area is 120 Å². The van der Waals surface area contributed by atoms with Gasteiger partial charge in [-0.05, 0) is 50.6 Å². The predicted octanol–water partition coefficient (Wildman–Crippen LogP) is 4.18. The fourth-order valence-corrected chi connectivity index (χ4v) is 3.22. The number of hydrogen-bond donors (Lipinski definition) is 0. The van der Waals surface area contributed by atoms with Crippen molar-refractivity contribution in [2.45, 2.75) is 51.6 Å². The Morgan fingerprint density at radius 1 is 1.32 bits per heavy atom. The Balaban J connectivity index is 2.10. The summed E-state index contributed by atoms with van der Waals surface area (Å²) in [4.78, 5) is 14.9. The molecule has 2 nitrogen and oxygen atoms in total. The van der Waals surface area contributed by atoms with Crippen molar-refractivity contribution in [2.75, 3.05) is 6.54 Å². The van der Waals surface area contributed by atoms with Gasteiger partial charge >= 0.3 is 0 Å². The van der Waals surface area contributed by atoms with Crippen LogP contribution in [0, 0.1) is 0 Å². The van der Waals surface area contributed by atoms with Crippen LogP contribution in [0.3, 0.4) is 0 Å². The molecule has 0 amide bonds. The highest BCUT2D eigenvalue weighted by Gasteiger charge is 2.29. The summed E-state index contributed by atoms with van der Waals surface area (Å²) in [5.74, 6) is 0.199. The Hall–Kier alpha value is -0.860. The second-order valence-electron chi connectivity index (χ2n) is 5.32. The summed E-state index contributed by atoms with van der Waals surface area (Å²) in [7, 11) is 0. The van der Waals surface area contributed by atoms with E-state index in [1.807, 2.05) is 19.1 Å². The lowest BCUT2D eigenvalue weighted by Crippen LogP contribution is -2.44. The van der Waals surface area contributed by atoms with Gasteiger partial charge in [-0.2, -0.15) is 0 Å². The lowest BCUT2D eigenvalue weighted by Gasteiger charge is -2.32. The standard InChI is InChI=1S/C16H22ClNO/c1-3-18(15-6-4-5-7-15)12(2)16(19)13-8-10-14(17)11-9-13/h8-12,15H,3-7H2,1-2H3. The van der Waals surface area contributed by atoms with Crippen LogP contribution in [0.5, 0.6) is 0 Å². The Kier molecular flexibility index (Phi) is 5.00. The van der Waals surface area contributed by atoms with E-state index in [0.717, 1.165) is 12.1 Å². The van der Waals surface area contributed by atoms with Gasteiger partial charge in [-0.15, -0.1) is 0 Å². The van der Waals surface area contributed by atoms with Gasteiger partial charge in [0.15, 0.2) is 5.78 Å². The van der Waals surface area contributed by atoms with E-state index in [4.69, 9.17) is 11.6 Å². The van der Waals surface area contributed by atoms with E-state index in [1.165, 1.54) is 25.7 Å². The average Bonchev–Trinajstić information content (AvgIpc) is 2.93. The second kappa shape index (κ2) is 6.53. The number of halogens is 1. The molecule has 104 valence electrons. The fourth-order valence-electron chi connectivity index (χ4n) is 3.09. The summed E-state index contributed by atoms with van der Waals surface area (Å²) in [5.41, 5.74) is 0.758. The molecule has 0 N–H and O–H groups in total. The zero-order valence-corrected chi connectivity index (χ0v) is 12.5. The quantitative estimate of drug-likeness (QED) is 0.754. The molecule has 0 spiro atoms. The van der Waals surface area contributed by atoms with Gasteiger partial charge in [0.25, 0.3) is 0 Å². The molecule has 19 heavy (non-hydrogen) atoms. The number of Topliss-reactive ketones (excluding diaryl/α,β-unsaturated/α-hetero) is 1. The largest absolute Gasteiger partial charge is 0.292 e. The van der Waals surface area contributed by atoms with Crippen molar-refractivity contribution < 1.29 is 4.79 Å². The molecule has 1 aliphatic carbocycles. The average molecular weight is 280 g/mol. The van der Waals surface area contributed by atoms with E-state index in [9.17, 15) is 4.79 Å². The molecule has 1 unspecified atom stereocenters. The van der Waals surface area contributed by atoms with Crippen LogP contribution in [-0.2, 0) is 0 Å². The molecule has 3 heteroatoms. The van der Waals surface area contributed by atoms with Gasteiger partial charge in [0.2, 0.25) is 0 Å². The summed E-state index contributed by atoms with van der Waals surface area (Å²) in [6.45, 7) is 5.11. The molecule has 0 radical (unpaired) electrons. The van der Waals surface area contributed by atoms with Gasteiger partial charge in [0.05, 0.1) is 6.04 Å². The number of ketones is 1. The van der Waals surface area contributed by atoms with Gasteiger partial charge < -0.3 is 0 Å². The Bertz CT molecular complexity index is 423. The maximum atomic E-state index is 12.5. The monoisotopic (exact) mass is 279 g/mol. The van der Waals surface area contributed by atoms with Crippen molar-refractivity contribution in [1.29, 1.82) is 0 Å². The minimum absolute atomic E-state index is 0.0470. The smallest absolute Gasteiger partial charge is 0.179 e. The lowest BCUT2D eigenvalue weighted by atomic mass is 10.0. The van der Waals surface area contributed by atoms with E-state index in [1.54, 1.807) is 12.1 Å². The van der Waals surface area contributed by atoms with Crippen LogP contribution >= 0.6 is 11.6 Å². The summed E-state index contributed by atoms with van der Waals surface area (Å²) in [6, 6.07) is 7.75. The van der Waals surface area contributed by atoms with Crippen LogP contribution in [0.15, 0.2) is 24.3 Å². The van der Waals surface area contributed by atoms with Gasteiger partial charge in [-0.25, -0.2) is 0 Å². The van der Waals surface area contributed by atoms with Crippen molar-refractivity contribution in [2.24, 2.45) is 0 Å². The molecule has 0 saturated heterocycles. The number of hydrogen-bond acceptors (Lipinski definition) is 2. The molecule has 0 aliphatic heterocycles. The first kappa shape index (κ1) is 14.5. The molecule has 1 aromatic rings. The first-order chi connectivity index (χ1) is 9.13. The number of carbonyl (C=O) groups is 1. The number of carbonyl (C=O) groups excluding carboxylic acids is 1. The minimum Gasteiger partial charge on any atom is -0.292 e. The van der Waals surface area contributed by atoms with Crippen molar-refractivity contribution >= 4 is 17.4 Å². The number of rotatable bonds is 5. The van der Waals surface area contributed by atoms with Crippen molar-refractivity contribution in [1.82, 2.24) is 4.90 Å². The molecule has 0 aromatic heterocycles. The van der Waals surface area contributed by atoms with Crippen LogP contribution in [-0.4, -0.2) is 29.3 Å². The topological polar surface area (TPSA) is 20.3 Å². The molecule has 1 saturated carbocycles. The zero-order chi connectivity index (χ0) is 13.8. The maximum Gasteiger partial charge on any atom is 0.179 e. The number of nitrogens with zero attached hydrogens (tertiary/aromatic N) is 1. The molecule has 1 aromatic carbocycles. The zero-order valence-electron chi connectivity index (χ0n) is 11.7. The van der Waals surface area contributed by atoms with Crippen molar-refractivity contribution in [3.63, 3.8) is 0 Å². The van der Waals surface area contributed by atoms with E-state index in [-0.39, 0.29) is 11.8 Å². The lowest BCUT2D eigenvalue weighted by molar-refractivity contribution is 0.0775. The molecule has 1 fully saturated rings. The third-order valence-electron chi connectivity index (χ3n) is 4.16. The van der Waals surface area contributed by atoms with E-state index in [0.29, 0.717) is 11.1 Å². The summed E-state index contributed by atoms with van der Waals surface area (Å²) >= 11 is 5.87. The Morgan fingerprint density at radius 3 is 2.42 bits per heavy atom. The fraction of sp³-hybridized carbons (Fsp3) is 0.562. The van der Waals surface area contributed by atoms with Gasteiger partial charge in [-0.1, -0.05) is 31.4 Å². The van der Waals surface area contributed by atoms with Gasteiger partial charge in [0, 0.05) is 16.6 Å². The van der Waals surface area contributed by atoms with Gasteiger partial charge in [-0.3, -0.25) is 9.69 Å². The van der Waals surface area contributed by atoms with Crippen LogP contribution in [0.25, 0.3) is 0 Å². The van der Waals surface area contributed by atoms with Crippen LogP contribution in [0.1, 0.15) is 49.9 Å². The predicted molar refractivity (Wildman–Crippen MR) is 79.9 cm³/mol. The minimum atomic E-state index is -0.0470. The van der Waals surface area contributed by atoms with Gasteiger partial charge in [0.1, 0.15) is 0 Å². The first-order valence-electron chi connectivity index (χ1n) is 7.19. The molecule has 0 heterocycles. The van der Waals surface area contributed by atoms with E-state index >= 15 is 0 Å². The molecule has 1 aliphatic rings. The highest BCUT2D eigenvalue weighted by molar-refractivity contribution is 6.30. The van der Waals surface area contributed by atoms with Crippen LogP contribution in [0.4, 0.5) is 0 Å². The number of benzene rings is 1. The second-order valence-corrected chi connectivity index (χ2v) is 5.75. The van der Waals surface area contributed by atoms with E-state index in [2.05, 4.69) is 11.8 Å². The third-order valence-corrected chi connectivity index (χ3v) is 4.42. The molecule has 0 bridgehead atoms. The molecular weight excluding hydrogens is 258 g/mol. The normalized spacial score (nSPS) is 17.9. The summed E-state index contributed by atoms with van der Waals surface area (Å²) in [5, 5.41) is 0.673. The summed E-state index contributed by atoms with van der Waals surface area (Å²) < 4.78 is 0. The van der Waals surface area contributed by atoms with Crippen LogP contribution in [0.2, 0.25) is 5.02 Å². The number of likely N-dealkylation sites (N-methyl/N-ethyl adjacent to an activating group) is 1. The molecular formula is C16H22ClNO. The SMILES string of the molecule is CCN(C1CCCC1)C(C)C(=O)c1ccc(Cl)cc1.